The van der Waals surface area contributed by atoms with Crippen molar-refractivity contribution in [1.29, 1.82) is 0 Å². The van der Waals surface area contributed by atoms with Crippen LogP contribution in [0.15, 0.2) is 23.1 Å². The van der Waals surface area contributed by atoms with Crippen LogP contribution in [0.2, 0.25) is 0 Å². The number of benzene rings is 1. The first-order chi connectivity index (χ1) is 10.7. The fourth-order valence-corrected chi connectivity index (χ4v) is 4.18. The number of nitrogens with zero attached hydrogens (tertiary/aromatic N) is 2. The van der Waals surface area contributed by atoms with Gasteiger partial charge in [0, 0.05) is 37.1 Å². The van der Waals surface area contributed by atoms with E-state index in [4.69, 9.17) is 5.73 Å². The Hall–Kier alpha value is -0.910. The monoisotopic (exact) mass is 320 g/mol. The van der Waals surface area contributed by atoms with Crippen molar-refractivity contribution < 1.29 is 0 Å². The number of nitrogen functional groups attached to an aromatic ring is 1. The van der Waals surface area contributed by atoms with Gasteiger partial charge < -0.3 is 16.0 Å². The summed E-state index contributed by atoms with van der Waals surface area (Å²) in [6.45, 7) is 4.51. The van der Waals surface area contributed by atoms with Gasteiger partial charge >= 0.3 is 0 Å². The van der Waals surface area contributed by atoms with E-state index < -0.39 is 0 Å². The number of anilines is 2. The molecule has 1 aromatic carbocycles. The third kappa shape index (κ3) is 4.31. The third-order valence-electron chi connectivity index (χ3n) is 4.68. The van der Waals surface area contributed by atoms with Gasteiger partial charge in [-0.1, -0.05) is 19.3 Å². The summed E-state index contributed by atoms with van der Waals surface area (Å²) in [5.41, 5.74) is 8.25. The van der Waals surface area contributed by atoms with Crippen molar-refractivity contribution in [1.82, 2.24) is 9.21 Å². The lowest BCUT2D eigenvalue weighted by atomic mass is 9.95. The molecule has 0 spiro atoms. The molecular weight excluding hydrogens is 292 g/mol. The van der Waals surface area contributed by atoms with Crippen LogP contribution < -0.4 is 11.1 Å². The van der Waals surface area contributed by atoms with Crippen LogP contribution in [0.25, 0.3) is 0 Å². The van der Waals surface area contributed by atoms with Gasteiger partial charge in [-0.05, 0) is 50.0 Å². The molecule has 1 aliphatic heterocycles. The molecule has 3 N–H and O–H groups in total. The van der Waals surface area contributed by atoms with Crippen molar-refractivity contribution in [3.05, 3.63) is 18.2 Å². The van der Waals surface area contributed by atoms with Gasteiger partial charge in [0.2, 0.25) is 0 Å². The number of nitrogens with two attached hydrogens (primary N) is 1. The van der Waals surface area contributed by atoms with Gasteiger partial charge in [0.15, 0.2) is 0 Å². The number of nitrogens with one attached hydrogen (secondary N) is 1. The molecule has 4 nitrogen and oxygen atoms in total. The van der Waals surface area contributed by atoms with Crippen molar-refractivity contribution in [2.75, 3.05) is 44.3 Å². The molecule has 1 aromatic rings. The molecule has 1 saturated heterocycles. The van der Waals surface area contributed by atoms with E-state index in [0.29, 0.717) is 6.04 Å². The molecule has 0 radical (unpaired) electrons. The summed E-state index contributed by atoms with van der Waals surface area (Å²) in [6, 6.07) is 7.08. The Morgan fingerprint density at radius 1 is 1.09 bits per heavy atom. The maximum absolute atomic E-state index is 6.26. The van der Waals surface area contributed by atoms with Crippen molar-refractivity contribution in [3.63, 3.8) is 0 Å². The quantitative estimate of drug-likeness (QED) is 0.658. The van der Waals surface area contributed by atoms with Crippen LogP contribution in [0.4, 0.5) is 11.4 Å². The molecule has 0 bridgehead atoms. The largest absolute Gasteiger partial charge is 0.397 e. The highest BCUT2D eigenvalue weighted by Crippen LogP contribution is 2.31. The summed E-state index contributed by atoms with van der Waals surface area (Å²) < 4.78 is 2.43. The smallest absolute Gasteiger partial charge is 0.0576 e. The third-order valence-corrected chi connectivity index (χ3v) is 5.77. The van der Waals surface area contributed by atoms with E-state index >= 15 is 0 Å². The molecule has 5 heteroatoms. The summed E-state index contributed by atoms with van der Waals surface area (Å²) in [6.07, 6.45) is 6.62. The zero-order valence-corrected chi connectivity index (χ0v) is 14.4. The molecule has 1 saturated carbocycles. The van der Waals surface area contributed by atoms with Crippen molar-refractivity contribution in [3.8, 4) is 0 Å². The summed E-state index contributed by atoms with van der Waals surface area (Å²) in [5.74, 6) is 0. The second-order valence-electron chi connectivity index (χ2n) is 6.55. The van der Waals surface area contributed by atoms with Crippen LogP contribution in [0.1, 0.15) is 32.1 Å². The van der Waals surface area contributed by atoms with Crippen LogP contribution in [0.5, 0.6) is 0 Å². The molecule has 0 unspecified atom stereocenters. The Kier molecular flexibility index (Phi) is 5.50. The molecular formula is C17H28N4S. The lowest BCUT2D eigenvalue weighted by molar-refractivity contribution is 0.233. The first-order valence-corrected chi connectivity index (χ1v) is 9.25. The SMILES string of the molecule is CN1CCN(Sc2ccc(NC3CCCCC3)c(N)c2)CC1. The van der Waals surface area contributed by atoms with E-state index in [1.54, 1.807) is 0 Å². The highest BCUT2D eigenvalue weighted by atomic mass is 32.2. The Labute approximate surface area is 138 Å². The fraction of sp³-hybridized carbons (Fsp3) is 0.647. The average molecular weight is 321 g/mol. The minimum absolute atomic E-state index is 0.604. The highest BCUT2D eigenvalue weighted by molar-refractivity contribution is 7.97. The zero-order valence-electron chi connectivity index (χ0n) is 13.6. The number of hydrogen-bond donors (Lipinski definition) is 2. The molecule has 0 amide bonds. The Bertz CT molecular complexity index is 480. The number of hydrogen-bond acceptors (Lipinski definition) is 5. The lowest BCUT2D eigenvalue weighted by Gasteiger charge is -2.31. The van der Waals surface area contributed by atoms with E-state index in [-0.39, 0.29) is 0 Å². The van der Waals surface area contributed by atoms with Gasteiger partial charge in [0.1, 0.15) is 0 Å². The summed E-state index contributed by atoms with van der Waals surface area (Å²) >= 11 is 1.83. The predicted octanol–water partition coefficient (Wildman–Crippen LogP) is 3.27. The van der Waals surface area contributed by atoms with E-state index in [9.17, 15) is 0 Å². The van der Waals surface area contributed by atoms with E-state index in [1.165, 1.54) is 37.0 Å². The number of rotatable bonds is 4. The molecule has 0 atom stereocenters. The molecule has 1 heterocycles. The second-order valence-corrected chi connectivity index (χ2v) is 7.72. The fourth-order valence-electron chi connectivity index (χ4n) is 3.22. The number of likely N-dealkylation sites (N-methyl/N-ethyl adjacent to an activating group) is 1. The van der Waals surface area contributed by atoms with Gasteiger partial charge in [-0.2, -0.15) is 0 Å². The molecule has 122 valence electrons. The van der Waals surface area contributed by atoms with Gasteiger partial charge in [-0.25, -0.2) is 4.31 Å². The Balaban J connectivity index is 1.57. The van der Waals surface area contributed by atoms with E-state index in [0.717, 1.165) is 37.6 Å². The molecule has 3 rings (SSSR count). The topological polar surface area (TPSA) is 44.5 Å². The summed E-state index contributed by atoms with van der Waals surface area (Å²) in [5, 5.41) is 3.63. The minimum Gasteiger partial charge on any atom is -0.397 e. The molecule has 2 fully saturated rings. The maximum atomic E-state index is 6.26. The Morgan fingerprint density at radius 3 is 2.50 bits per heavy atom. The first-order valence-electron chi connectivity index (χ1n) is 8.48. The zero-order chi connectivity index (χ0) is 15.4. The lowest BCUT2D eigenvalue weighted by Crippen LogP contribution is -2.40. The van der Waals surface area contributed by atoms with E-state index in [1.807, 2.05) is 11.9 Å². The first kappa shape index (κ1) is 16.0. The van der Waals surface area contributed by atoms with Gasteiger partial charge in [-0.15, -0.1) is 0 Å². The normalized spacial score (nSPS) is 21.9. The molecule has 2 aliphatic rings. The molecule has 22 heavy (non-hydrogen) atoms. The van der Waals surface area contributed by atoms with Crippen LogP contribution >= 0.6 is 11.9 Å². The number of piperazine rings is 1. The highest BCUT2D eigenvalue weighted by Gasteiger charge is 2.16. The van der Waals surface area contributed by atoms with Crippen molar-refractivity contribution in [2.24, 2.45) is 0 Å². The van der Waals surface area contributed by atoms with Gasteiger partial charge in [0.25, 0.3) is 0 Å². The van der Waals surface area contributed by atoms with Crippen molar-refractivity contribution in [2.45, 2.75) is 43.0 Å². The van der Waals surface area contributed by atoms with Gasteiger partial charge in [-0.3, -0.25) is 0 Å². The summed E-state index contributed by atoms with van der Waals surface area (Å²) in [4.78, 5) is 3.62. The van der Waals surface area contributed by atoms with Crippen LogP contribution in [-0.2, 0) is 0 Å². The van der Waals surface area contributed by atoms with Gasteiger partial charge in [0.05, 0.1) is 11.4 Å². The standard InChI is InChI=1S/C17H28N4S/c1-20-9-11-21(12-10-20)22-15-7-8-17(16(18)13-15)19-14-5-3-2-4-6-14/h7-8,13-14,19H,2-6,9-12,18H2,1H3. The Morgan fingerprint density at radius 2 is 1.82 bits per heavy atom. The summed E-state index contributed by atoms with van der Waals surface area (Å²) in [7, 11) is 2.19. The van der Waals surface area contributed by atoms with Crippen LogP contribution in [-0.4, -0.2) is 48.5 Å². The van der Waals surface area contributed by atoms with Crippen LogP contribution in [0, 0.1) is 0 Å². The van der Waals surface area contributed by atoms with E-state index in [2.05, 4.69) is 39.8 Å². The average Bonchev–Trinajstić information content (AvgIpc) is 2.53. The maximum Gasteiger partial charge on any atom is 0.0576 e. The molecule has 1 aliphatic carbocycles. The van der Waals surface area contributed by atoms with Crippen LogP contribution in [0.3, 0.4) is 0 Å². The molecule has 0 aromatic heterocycles. The van der Waals surface area contributed by atoms with Crippen molar-refractivity contribution >= 4 is 23.3 Å². The minimum atomic E-state index is 0.604. The second kappa shape index (κ2) is 7.57. The predicted molar refractivity (Wildman–Crippen MR) is 96.3 cm³/mol.